The molecular formula is C23H19FN4O2. The van der Waals surface area contributed by atoms with Crippen molar-refractivity contribution in [2.75, 3.05) is 19.1 Å². The summed E-state index contributed by atoms with van der Waals surface area (Å²) < 4.78 is 19.0. The minimum Gasteiger partial charge on any atom is -0.497 e. The number of rotatable bonds is 5. The Hall–Kier alpha value is -4.00. The van der Waals surface area contributed by atoms with Crippen molar-refractivity contribution in [3.8, 4) is 28.0 Å². The Balaban J connectivity index is 1.84. The van der Waals surface area contributed by atoms with Crippen LogP contribution in [-0.4, -0.2) is 35.0 Å². The smallest absolute Gasteiger partial charge is 0.250 e. The predicted octanol–water partition coefficient (Wildman–Crippen LogP) is 4.59. The molecule has 0 unspecified atom stereocenters. The molecule has 0 saturated heterocycles. The van der Waals surface area contributed by atoms with Gasteiger partial charge in [-0.05, 0) is 41.5 Å². The van der Waals surface area contributed by atoms with E-state index in [4.69, 9.17) is 4.74 Å². The maximum Gasteiger partial charge on any atom is 0.250 e. The Morgan fingerprint density at radius 2 is 2.00 bits per heavy atom. The fraction of sp³-hybridized carbons (Fsp3) is 0.0870. The van der Waals surface area contributed by atoms with Crippen molar-refractivity contribution in [3.05, 3.63) is 73.6 Å². The molecule has 1 N–H and O–H groups in total. The Kier molecular flexibility index (Phi) is 5.02. The molecule has 30 heavy (non-hydrogen) atoms. The number of aromatic nitrogens is 3. The van der Waals surface area contributed by atoms with Crippen LogP contribution >= 0.6 is 0 Å². The molecule has 0 fully saturated rings. The van der Waals surface area contributed by atoms with Gasteiger partial charge in [0.15, 0.2) is 0 Å². The molecule has 6 nitrogen and oxygen atoms in total. The summed E-state index contributed by atoms with van der Waals surface area (Å²) >= 11 is 0. The van der Waals surface area contributed by atoms with Crippen molar-refractivity contribution in [3.63, 3.8) is 0 Å². The molecule has 0 aliphatic heterocycles. The molecule has 0 radical (unpaired) electrons. The van der Waals surface area contributed by atoms with Gasteiger partial charge in [0.2, 0.25) is 11.9 Å². The number of hydrogen-bond donors (Lipinski definition) is 1. The molecule has 0 bridgehead atoms. The molecule has 150 valence electrons. The molecule has 0 saturated carbocycles. The number of nitrogens with zero attached hydrogens (tertiary/aromatic N) is 3. The Morgan fingerprint density at radius 3 is 2.73 bits per heavy atom. The SMILES string of the molecule is C=CC(=O)N(C)c1cc(OC)cc(-c2cnc3[nH]cc(-c4ccnc(F)c4)c3c2)c1. The lowest BCUT2D eigenvalue weighted by atomic mass is 10.0. The Morgan fingerprint density at radius 1 is 1.17 bits per heavy atom. The zero-order chi connectivity index (χ0) is 21.3. The molecular weight excluding hydrogens is 383 g/mol. The van der Waals surface area contributed by atoms with Crippen molar-refractivity contribution in [2.24, 2.45) is 0 Å². The number of likely N-dealkylation sites (N-methyl/N-ethyl adjacent to an activating group) is 1. The molecule has 0 spiro atoms. The number of pyridine rings is 2. The summed E-state index contributed by atoms with van der Waals surface area (Å²) in [6, 6.07) is 10.6. The minimum absolute atomic E-state index is 0.226. The van der Waals surface area contributed by atoms with Crippen LogP contribution in [0.3, 0.4) is 0 Å². The van der Waals surface area contributed by atoms with E-state index in [1.807, 2.05) is 18.2 Å². The number of nitrogens with one attached hydrogen (secondary N) is 1. The number of aromatic amines is 1. The summed E-state index contributed by atoms with van der Waals surface area (Å²) in [5.74, 6) is -0.162. The summed E-state index contributed by atoms with van der Waals surface area (Å²) in [5, 5.41) is 0.845. The monoisotopic (exact) mass is 402 g/mol. The Bertz CT molecular complexity index is 1270. The van der Waals surface area contributed by atoms with Crippen LogP contribution < -0.4 is 9.64 Å². The second-order valence-corrected chi connectivity index (χ2v) is 6.71. The first-order valence-corrected chi connectivity index (χ1v) is 9.19. The van der Waals surface area contributed by atoms with E-state index in [2.05, 4.69) is 21.5 Å². The number of halogens is 1. The third-order valence-electron chi connectivity index (χ3n) is 4.92. The third kappa shape index (κ3) is 3.53. The van der Waals surface area contributed by atoms with Crippen LogP contribution in [0.1, 0.15) is 0 Å². The standard InChI is InChI=1S/C23H19FN4O2/c1-4-22(29)28(2)17-7-15(8-18(11-17)30-3)16-9-19-20(13-27-23(19)26-12-16)14-5-6-25-21(24)10-14/h4-13H,1H2,2-3H3,(H,26,27). The lowest BCUT2D eigenvalue weighted by Gasteiger charge is -2.18. The van der Waals surface area contributed by atoms with Gasteiger partial charge in [0.05, 0.1) is 7.11 Å². The highest BCUT2D eigenvalue weighted by Gasteiger charge is 2.14. The van der Waals surface area contributed by atoms with Gasteiger partial charge in [-0.15, -0.1) is 0 Å². The first-order chi connectivity index (χ1) is 14.5. The number of hydrogen-bond acceptors (Lipinski definition) is 4. The first kappa shape index (κ1) is 19.3. The van der Waals surface area contributed by atoms with E-state index < -0.39 is 5.95 Å². The fourth-order valence-corrected chi connectivity index (χ4v) is 3.30. The maximum atomic E-state index is 13.6. The summed E-state index contributed by atoms with van der Waals surface area (Å²) in [4.78, 5) is 24.8. The number of ether oxygens (including phenoxy) is 1. The zero-order valence-corrected chi connectivity index (χ0v) is 16.5. The highest BCUT2D eigenvalue weighted by Crippen LogP contribution is 2.34. The van der Waals surface area contributed by atoms with Gasteiger partial charge in [-0.2, -0.15) is 4.39 Å². The van der Waals surface area contributed by atoms with Crippen LogP contribution in [0.2, 0.25) is 0 Å². The average molecular weight is 402 g/mol. The van der Waals surface area contributed by atoms with E-state index in [9.17, 15) is 9.18 Å². The van der Waals surface area contributed by atoms with E-state index in [0.717, 1.165) is 22.1 Å². The van der Waals surface area contributed by atoms with Gasteiger partial charge in [-0.3, -0.25) is 4.79 Å². The zero-order valence-electron chi connectivity index (χ0n) is 16.5. The highest BCUT2D eigenvalue weighted by molar-refractivity contribution is 6.01. The number of carbonyl (C=O) groups excluding carboxylic acids is 1. The first-order valence-electron chi connectivity index (χ1n) is 9.19. The summed E-state index contributed by atoms with van der Waals surface area (Å²) in [7, 11) is 3.24. The van der Waals surface area contributed by atoms with E-state index in [1.54, 1.807) is 38.7 Å². The Labute approximate surface area is 172 Å². The largest absolute Gasteiger partial charge is 0.497 e. The van der Waals surface area contributed by atoms with E-state index >= 15 is 0 Å². The molecule has 7 heteroatoms. The summed E-state index contributed by atoms with van der Waals surface area (Å²) in [6.45, 7) is 3.54. The lowest BCUT2D eigenvalue weighted by Crippen LogP contribution is -2.23. The predicted molar refractivity (Wildman–Crippen MR) is 115 cm³/mol. The van der Waals surface area contributed by atoms with Crippen molar-refractivity contribution < 1.29 is 13.9 Å². The van der Waals surface area contributed by atoms with Gasteiger partial charge in [0.1, 0.15) is 11.4 Å². The van der Waals surface area contributed by atoms with Crippen molar-refractivity contribution >= 4 is 22.6 Å². The lowest BCUT2D eigenvalue weighted by molar-refractivity contribution is -0.113. The minimum atomic E-state index is -0.543. The van der Waals surface area contributed by atoms with Crippen molar-refractivity contribution in [2.45, 2.75) is 0 Å². The second kappa shape index (κ2) is 7.79. The van der Waals surface area contributed by atoms with Crippen LogP contribution in [0.25, 0.3) is 33.3 Å². The molecule has 0 aliphatic carbocycles. The van der Waals surface area contributed by atoms with Crippen molar-refractivity contribution in [1.82, 2.24) is 15.0 Å². The molecule has 4 aromatic rings. The molecule has 1 aromatic carbocycles. The van der Waals surface area contributed by atoms with Gasteiger partial charge in [-0.1, -0.05) is 6.58 Å². The number of benzene rings is 1. The van der Waals surface area contributed by atoms with Crippen LogP contribution in [0.5, 0.6) is 5.75 Å². The van der Waals surface area contributed by atoms with Crippen LogP contribution in [0, 0.1) is 5.95 Å². The van der Waals surface area contributed by atoms with Gasteiger partial charge < -0.3 is 14.6 Å². The molecule has 3 heterocycles. The summed E-state index contributed by atoms with van der Waals surface area (Å²) in [6.07, 6.45) is 6.22. The van der Waals surface area contributed by atoms with E-state index in [0.29, 0.717) is 22.6 Å². The van der Waals surface area contributed by atoms with Gasteiger partial charge >= 0.3 is 0 Å². The number of fused-ring (bicyclic) bond motifs is 1. The number of carbonyl (C=O) groups is 1. The third-order valence-corrected chi connectivity index (χ3v) is 4.92. The van der Waals surface area contributed by atoms with Crippen molar-refractivity contribution in [1.29, 1.82) is 0 Å². The summed E-state index contributed by atoms with van der Waals surface area (Å²) in [5.41, 5.74) is 4.54. The average Bonchev–Trinajstić information content (AvgIpc) is 3.21. The topological polar surface area (TPSA) is 71.1 Å². The number of H-pyrrole nitrogens is 1. The molecule has 3 aromatic heterocycles. The number of amides is 1. The second-order valence-electron chi connectivity index (χ2n) is 6.71. The fourth-order valence-electron chi connectivity index (χ4n) is 3.30. The molecule has 4 rings (SSSR count). The van der Waals surface area contributed by atoms with Gasteiger partial charge in [0.25, 0.3) is 0 Å². The van der Waals surface area contributed by atoms with Gasteiger partial charge in [0, 0.05) is 60.0 Å². The van der Waals surface area contributed by atoms with E-state index in [-0.39, 0.29) is 5.91 Å². The van der Waals surface area contributed by atoms with Crippen LogP contribution in [0.4, 0.5) is 10.1 Å². The van der Waals surface area contributed by atoms with E-state index in [1.165, 1.54) is 23.2 Å². The molecule has 0 aliphatic rings. The molecule has 1 amide bonds. The number of anilines is 1. The van der Waals surface area contributed by atoms with Crippen LogP contribution in [0.15, 0.2) is 67.6 Å². The maximum absolute atomic E-state index is 13.6. The quantitative estimate of drug-likeness (QED) is 0.392. The highest BCUT2D eigenvalue weighted by atomic mass is 19.1. The molecule has 0 atom stereocenters. The normalized spacial score (nSPS) is 10.8. The van der Waals surface area contributed by atoms with Gasteiger partial charge in [-0.25, -0.2) is 9.97 Å². The van der Waals surface area contributed by atoms with Crippen LogP contribution in [-0.2, 0) is 4.79 Å². The number of methoxy groups -OCH3 is 1.